The summed E-state index contributed by atoms with van der Waals surface area (Å²) in [7, 11) is 0. The van der Waals surface area contributed by atoms with Gasteiger partial charge in [-0.05, 0) is 32.0 Å². The SMILES string of the molecule is Cc1n[nH]c2c1N=C(c1c(F)cccc1F)Nc1cnc(N3CCO[C@H](C)C3)cc1-2. The predicted molar refractivity (Wildman–Crippen MR) is 110 cm³/mol. The van der Waals surface area contributed by atoms with Crippen molar-refractivity contribution in [2.75, 3.05) is 29.9 Å². The van der Waals surface area contributed by atoms with Crippen LogP contribution in [0.3, 0.4) is 0 Å². The molecule has 0 radical (unpaired) electrons. The molecule has 2 aliphatic rings. The first kappa shape index (κ1) is 18.7. The van der Waals surface area contributed by atoms with Gasteiger partial charge in [-0.25, -0.2) is 18.8 Å². The number of ether oxygens (including phenoxy) is 1. The molecule has 1 aromatic carbocycles. The van der Waals surface area contributed by atoms with E-state index in [-0.39, 0.29) is 17.5 Å². The van der Waals surface area contributed by atoms with E-state index in [0.29, 0.717) is 29.4 Å². The number of anilines is 2. The van der Waals surface area contributed by atoms with Crippen molar-refractivity contribution in [2.24, 2.45) is 4.99 Å². The van der Waals surface area contributed by atoms with Crippen LogP contribution < -0.4 is 10.2 Å². The number of aliphatic imine (C=N–C) groups is 1. The number of rotatable bonds is 2. The first-order chi connectivity index (χ1) is 14.5. The molecule has 0 aliphatic carbocycles. The summed E-state index contributed by atoms with van der Waals surface area (Å²) < 4.78 is 34.6. The molecule has 1 atom stereocenters. The Hall–Kier alpha value is -3.33. The molecule has 1 saturated heterocycles. The number of hydrogen-bond acceptors (Lipinski definition) is 6. The van der Waals surface area contributed by atoms with Gasteiger partial charge in [-0.2, -0.15) is 5.10 Å². The van der Waals surface area contributed by atoms with E-state index in [1.165, 1.54) is 18.2 Å². The molecule has 0 unspecified atom stereocenters. The highest BCUT2D eigenvalue weighted by molar-refractivity contribution is 6.13. The summed E-state index contributed by atoms with van der Waals surface area (Å²) in [6.45, 7) is 5.92. The first-order valence-corrected chi connectivity index (χ1v) is 9.73. The number of benzene rings is 1. The Morgan fingerprint density at radius 2 is 2.03 bits per heavy atom. The Balaban J connectivity index is 1.64. The molecule has 5 rings (SSSR count). The average molecular weight is 410 g/mol. The van der Waals surface area contributed by atoms with Crippen molar-refractivity contribution >= 4 is 23.0 Å². The minimum absolute atomic E-state index is 0.0737. The Morgan fingerprint density at radius 3 is 2.80 bits per heavy atom. The van der Waals surface area contributed by atoms with Gasteiger partial charge in [0.05, 0.1) is 41.5 Å². The lowest BCUT2D eigenvalue weighted by molar-refractivity contribution is 0.0529. The van der Waals surface area contributed by atoms with E-state index in [2.05, 4.69) is 30.4 Å². The van der Waals surface area contributed by atoms with Crippen LogP contribution in [0.5, 0.6) is 0 Å². The van der Waals surface area contributed by atoms with Crippen LogP contribution in [0.1, 0.15) is 18.2 Å². The monoisotopic (exact) mass is 410 g/mol. The topological polar surface area (TPSA) is 78.4 Å². The molecule has 0 amide bonds. The van der Waals surface area contributed by atoms with Crippen molar-refractivity contribution < 1.29 is 13.5 Å². The van der Waals surface area contributed by atoms with E-state index < -0.39 is 11.6 Å². The third-order valence-corrected chi connectivity index (χ3v) is 5.32. The number of H-pyrrole nitrogens is 1. The molecule has 0 saturated carbocycles. The fourth-order valence-electron chi connectivity index (χ4n) is 3.81. The van der Waals surface area contributed by atoms with Crippen molar-refractivity contribution in [3.8, 4) is 11.3 Å². The van der Waals surface area contributed by atoms with Crippen LogP contribution in [0.25, 0.3) is 11.3 Å². The summed E-state index contributed by atoms with van der Waals surface area (Å²) >= 11 is 0. The zero-order valence-corrected chi connectivity index (χ0v) is 16.5. The molecule has 154 valence electrons. The van der Waals surface area contributed by atoms with Gasteiger partial charge in [0.25, 0.3) is 0 Å². The Bertz CT molecular complexity index is 1140. The van der Waals surface area contributed by atoms with Crippen molar-refractivity contribution in [1.29, 1.82) is 0 Å². The number of fused-ring (bicyclic) bond motifs is 3. The minimum atomic E-state index is -0.695. The summed E-state index contributed by atoms with van der Waals surface area (Å²) in [6.07, 6.45) is 1.77. The Labute approximate surface area is 171 Å². The van der Waals surface area contributed by atoms with Crippen LogP contribution in [-0.4, -0.2) is 46.8 Å². The molecular weight excluding hydrogens is 390 g/mol. The standard InChI is InChI=1S/C21H20F2N6O/c1-11-10-29(6-7-30-11)17-8-13-16(9-24-17)25-21(18-14(22)4-3-5-15(18)23)26-19-12(2)27-28-20(13)19/h3-5,8-9,11H,6-7,10H2,1-2H3,(H,25,26)(H,27,28)/t11-/m1/s1. The van der Waals surface area contributed by atoms with Crippen LogP contribution in [0.15, 0.2) is 35.5 Å². The Kier molecular flexibility index (Phi) is 4.47. The second kappa shape index (κ2) is 7.17. The molecule has 2 N–H and O–H groups in total. The maximum Gasteiger partial charge on any atom is 0.144 e. The highest BCUT2D eigenvalue weighted by atomic mass is 19.1. The molecular formula is C21H20F2N6O. The van der Waals surface area contributed by atoms with Gasteiger partial charge >= 0.3 is 0 Å². The maximum atomic E-state index is 14.5. The van der Waals surface area contributed by atoms with Gasteiger partial charge in [-0.1, -0.05) is 6.07 Å². The second-order valence-corrected chi connectivity index (χ2v) is 7.43. The number of aryl methyl sites for hydroxylation is 1. The highest BCUT2D eigenvalue weighted by Gasteiger charge is 2.26. The summed E-state index contributed by atoms with van der Waals surface area (Å²) in [4.78, 5) is 11.3. The normalized spacial score (nSPS) is 18.2. The number of morpholine rings is 1. The molecule has 4 heterocycles. The number of aromatic amines is 1. The summed E-state index contributed by atoms with van der Waals surface area (Å²) in [6, 6.07) is 5.68. The maximum absolute atomic E-state index is 14.5. The summed E-state index contributed by atoms with van der Waals surface area (Å²) in [5.41, 5.74) is 2.99. The molecule has 2 aliphatic heterocycles. The van der Waals surface area contributed by atoms with Gasteiger partial charge in [0.15, 0.2) is 0 Å². The largest absolute Gasteiger partial charge is 0.375 e. The van der Waals surface area contributed by atoms with Gasteiger partial charge in [0.1, 0.15) is 29.0 Å². The smallest absolute Gasteiger partial charge is 0.144 e. The molecule has 7 nitrogen and oxygen atoms in total. The van der Waals surface area contributed by atoms with E-state index in [1.54, 1.807) is 13.1 Å². The highest BCUT2D eigenvalue weighted by Crippen LogP contribution is 2.40. The number of pyridine rings is 1. The zero-order chi connectivity index (χ0) is 20.8. The Morgan fingerprint density at radius 1 is 1.23 bits per heavy atom. The molecule has 2 aromatic heterocycles. The summed E-state index contributed by atoms with van der Waals surface area (Å²) in [5, 5.41) is 10.3. The lowest BCUT2D eigenvalue weighted by Gasteiger charge is -2.32. The van der Waals surface area contributed by atoms with Crippen molar-refractivity contribution in [2.45, 2.75) is 20.0 Å². The number of hydrogen-bond donors (Lipinski definition) is 2. The lowest BCUT2D eigenvalue weighted by Crippen LogP contribution is -2.41. The van der Waals surface area contributed by atoms with Gasteiger partial charge < -0.3 is 15.0 Å². The van der Waals surface area contributed by atoms with Crippen molar-refractivity contribution in [1.82, 2.24) is 15.2 Å². The van der Waals surface area contributed by atoms with Gasteiger partial charge in [-0.15, -0.1) is 0 Å². The van der Waals surface area contributed by atoms with Gasteiger partial charge in [0, 0.05) is 18.7 Å². The number of nitrogens with one attached hydrogen (secondary N) is 2. The van der Waals surface area contributed by atoms with Gasteiger partial charge in [-0.3, -0.25) is 5.10 Å². The van der Waals surface area contributed by atoms with Crippen LogP contribution in [0.2, 0.25) is 0 Å². The van der Waals surface area contributed by atoms with Crippen LogP contribution in [0.4, 0.5) is 26.0 Å². The van der Waals surface area contributed by atoms with Gasteiger partial charge in [0.2, 0.25) is 0 Å². The van der Waals surface area contributed by atoms with E-state index in [0.717, 1.165) is 24.5 Å². The molecule has 0 spiro atoms. The van der Waals surface area contributed by atoms with E-state index in [1.807, 2.05) is 13.0 Å². The molecule has 30 heavy (non-hydrogen) atoms. The molecule has 0 bridgehead atoms. The molecule has 3 aromatic rings. The quantitative estimate of drug-likeness (QED) is 0.672. The number of nitrogens with zero attached hydrogens (tertiary/aromatic N) is 4. The third kappa shape index (κ3) is 3.11. The third-order valence-electron chi connectivity index (χ3n) is 5.32. The number of aromatic nitrogens is 3. The fraction of sp³-hybridized carbons (Fsp3) is 0.286. The predicted octanol–water partition coefficient (Wildman–Crippen LogP) is 3.79. The lowest BCUT2D eigenvalue weighted by atomic mass is 10.1. The molecule has 9 heteroatoms. The molecule has 1 fully saturated rings. The van der Waals surface area contributed by atoms with E-state index in [4.69, 9.17) is 4.74 Å². The average Bonchev–Trinajstić information content (AvgIpc) is 2.99. The fourth-order valence-corrected chi connectivity index (χ4v) is 3.81. The zero-order valence-electron chi connectivity index (χ0n) is 16.5. The second-order valence-electron chi connectivity index (χ2n) is 7.43. The summed E-state index contributed by atoms with van der Waals surface area (Å²) in [5.74, 6) is -0.521. The van der Waals surface area contributed by atoms with Crippen molar-refractivity contribution in [3.63, 3.8) is 0 Å². The van der Waals surface area contributed by atoms with Crippen LogP contribution in [0, 0.1) is 18.6 Å². The minimum Gasteiger partial charge on any atom is -0.375 e. The van der Waals surface area contributed by atoms with Crippen molar-refractivity contribution in [3.05, 3.63) is 53.4 Å². The number of amidine groups is 1. The van der Waals surface area contributed by atoms with Crippen LogP contribution in [-0.2, 0) is 4.74 Å². The first-order valence-electron chi connectivity index (χ1n) is 9.73. The van der Waals surface area contributed by atoms with E-state index >= 15 is 0 Å². The van der Waals surface area contributed by atoms with Crippen LogP contribution >= 0.6 is 0 Å². The van der Waals surface area contributed by atoms with E-state index in [9.17, 15) is 8.78 Å². The number of halogens is 2.